The van der Waals surface area contributed by atoms with Gasteiger partial charge in [0, 0.05) is 18.6 Å². The Bertz CT molecular complexity index is 531. The lowest BCUT2D eigenvalue weighted by molar-refractivity contribution is 0.206. The van der Waals surface area contributed by atoms with Crippen LogP contribution in [-0.2, 0) is 6.54 Å². The molecule has 0 bridgehead atoms. The maximum atomic E-state index is 9.21. The van der Waals surface area contributed by atoms with Crippen molar-refractivity contribution in [2.24, 2.45) is 0 Å². The summed E-state index contributed by atoms with van der Waals surface area (Å²) >= 11 is 0. The molecule has 1 aromatic carbocycles. The first kappa shape index (κ1) is 14.4. The van der Waals surface area contributed by atoms with Crippen LogP contribution in [0, 0.1) is 11.3 Å². The van der Waals surface area contributed by atoms with Crippen molar-refractivity contribution in [2.45, 2.75) is 44.3 Å². The highest BCUT2D eigenvalue weighted by molar-refractivity contribution is 5.45. The average Bonchev–Trinajstić information content (AvgIpc) is 3.17. The van der Waals surface area contributed by atoms with Gasteiger partial charge in [-0.15, -0.1) is 0 Å². The molecule has 0 saturated carbocycles. The van der Waals surface area contributed by atoms with Gasteiger partial charge >= 0.3 is 0 Å². The molecule has 4 heteroatoms. The first-order valence-corrected chi connectivity index (χ1v) is 7.86. The highest BCUT2D eigenvalue weighted by atomic mass is 16.5. The summed E-state index contributed by atoms with van der Waals surface area (Å²) in [6.45, 7) is 3.26. The molecule has 112 valence electrons. The first-order chi connectivity index (χ1) is 10.3. The number of nitrogens with zero attached hydrogens (tertiary/aromatic N) is 2. The number of hydrogen-bond donors (Lipinski definition) is 1. The van der Waals surface area contributed by atoms with Gasteiger partial charge in [-0.05, 0) is 56.5 Å². The highest BCUT2D eigenvalue weighted by Crippen LogP contribution is 2.27. The van der Waals surface area contributed by atoms with Gasteiger partial charge < -0.3 is 10.1 Å². The lowest BCUT2D eigenvalue weighted by atomic mass is 10.0. The Morgan fingerprint density at radius 1 is 1.38 bits per heavy atom. The maximum absolute atomic E-state index is 9.21. The fourth-order valence-electron chi connectivity index (χ4n) is 3.72. The second kappa shape index (κ2) is 6.46. The van der Waals surface area contributed by atoms with Gasteiger partial charge in [0.2, 0.25) is 0 Å². The van der Waals surface area contributed by atoms with E-state index in [-0.39, 0.29) is 0 Å². The summed E-state index contributed by atoms with van der Waals surface area (Å²) in [5.41, 5.74) is 1.84. The Kier molecular flexibility index (Phi) is 4.42. The second-order valence-corrected chi connectivity index (χ2v) is 6.03. The molecule has 2 unspecified atom stereocenters. The predicted molar refractivity (Wildman–Crippen MR) is 82.2 cm³/mol. The Morgan fingerprint density at radius 2 is 2.29 bits per heavy atom. The fourth-order valence-corrected chi connectivity index (χ4v) is 3.72. The molecule has 0 spiro atoms. The van der Waals surface area contributed by atoms with Crippen LogP contribution in [0.2, 0.25) is 0 Å². The highest BCUT2D eigenvalue weighted by Gasteiger charge is 2.32. The van der Waals surface area contributed by atoms with E-state index in [0.717, 1.165) is 19.6 Å². The summed E-state index contributed by atoms with van der Waals surface area (Å²) in [7, 11) is 1.61. The van der Waals surface area contributed by atoms with Crippen LogP contribution in [0.3, 0.4) is 0 Å². The lowest BCUT2D eigenvalue weighted by Gasteiger charge is -2.29. The van der Waals surface area contributed by atoms with Gasteiger partial charge in [-0.1, -0.05) is 6.07 Å². The van der Waals surface area contributed by atoms with Crippen LogP contribution in [-0.4, -0.2) is 37.2 Å². The standard InChI is InChI=1S/C17H23N3O/c1-21-17-7-6-13(10-14(17)11-18)12-20-9-3-5-16(20)15-4-2-8-19-15/h6-7,10,15-16,19H,2-5,8-9,12H2,1H3. The number of hydrogen-bond acceptors (Lipinski definition) is 4. The van der Waals surface area contributed by atoms with Crippen LogP contribution >= 0.6 is 0 Å². The third-order valence-electron chi connectivity index (χ3n) is 4.75. The Labute approximate surface area is 126 Å². The molecule has 0 aliphatic carbocycles. The van der Waals surface area contributed by atoms with E-state index in [1.807, 2.05) is 12.1 Å². The normalized spacial score (nSPS) is 25.9. The number of methoxy groups -OCH3 is 1. The molecule has 2 fully saturated rings. The minimum atomic E-state index is 0.629. The Balaban J connectivity index is 1.72. The van der Waals surface area contributed by atoms with E-state index in [1.54, 1.807) is 7.11 Å². The molecule has 2 aliphatic rings. The van der Waals surface area contributed by atoms with Crippen molar-refractivity contribution in [1.29, 1.82) is 5.26 Å². The molecule has 2 aliphatic heterocycles. The van der Waals surface area contributed by atoms with Crippen molar-refractivity contribution in [3.8, 4) is 11.8 Å². The molecule has 1 N–H and O–H groups in total. The third kappa shape index (κ3) is 3.04. The maximum Gasteiger partial charge on any atom is 0.136 e. The minimum Gasteiger partial charge on any atom is -0.495 e. The van der Waals surface area contributed by atoms with Gasteiger partial charge in [0.05, 0.1) is 12.7 Å². The van der Waals surface area contributed by atoms with Crippen molar-refractivity contribution in [2.75, 3.05) is 20.2 Å². The largest absolute Gasteiger partial charge is 0.495 e. The number of benzene rings is 1. The minimum absolute atomic E-state index is 0.629. The summed E-state index contributed by atoms with van der Waals surface area (Å²) in [6.07, 6.45) is 5.17. The summed E-state index contributed by atoms with van der Waals surface area (Å²) in [5.74, 6) is 0.664. The van der Waals surface area contributed by atoms with Crippen molar-refractivity contribution in [1.82, 2.24) is 10.2 Å². The van der Waals surface area contributed by atoms with E-state index in [4.69, 9.17) is 4.74 Å². The van der Waals surface area contributed by atoms with Crippen LogP contribution in [0.5, 0.6) is 5.75 Å². The number of rotatable bonds is 4. The van der Waals surface area contributed by atoms with Gasteiger partial charge in [-0.2, -0.15) is 5.26 Å². The van der Waals surface area contributed by atoms with Crippen LogP contribution in [0.25, 0.3) is 0 Å². The molecular weight excluding hydrogens is 262 g/mol. The summed E-state index contributed by atoms with van der Waals surface area (Å²) in [5, 5.41) is 12.8. The molecule has 0 amide bonds. The van der Waals surface area contributed by atoms with Gasteiger partial charge in [0.1, 0.15) is 11.8 Å². The van der Waals surface area contributed by atoms with E-state index in [0.29, 0.717) is 23.4 Å². The van der Waals surface area contributed by atoms with E-state index < -0.39 is 0 Å². The van der Waals surface area contributed by atoms with Crippen LogP contribution in [0.1, 0.15) is 36.8 Å². The summed E-state index contributed by atoms with van der Waals surface area (Å²) in [4.78, 5) is 2.58. The first-order valence-electron chi connectivity index (χ1n) is 7.86. The Morgan fingerprint density at radius 3 is 3.00 bits per heavy atom. The molecule has 3 rings (SSSR count). The van der Waals surface area contributed by atoms with Gasteiger partial charge in [0.15, 0.2) is 0 Å². The van der Waals surface area contributed by atoms with Gasteiger partial charge in [-0.25, -0.2) is 0 Å². The molecule has 4 nitrogen and oxygen atoms in total. The zero-order chi connectivity index (χ0) is 14.7. The van der Waals surface area contributed by atoms with E-state index in [9.17, 15) is 5.26 Å². The molecule has 0 aromatic heterocycles. The van der Waals surface area contributed by atoms with Crippen LogP contribution in [0.4, 0.5) is 0 Å². The zero-order valence-electron chi connectivity index (χ0n) is 12.6. The molecule has 21 heavy (non-hydrogen) atoms. The average molecular weight is 285 g/mol. The fraction of sp³-hybridized carbons (Fsp3) is 0.588. The Hall–Kier alpha value is -1.57. The summed E-state index contributed by atoms with van der Waals surface area (Å²) in [6, 6.07) is 9.49. The molecule has 2 heterocycles. The van der Waals surface area contributed by atoms with E-state index in [1.165, 1.54) is 31.2 Å². The number of likely N-dealkylation sites (tertiary alicyclic amines) is 1. The quantitative estimate of drug-likeness (QED) is 0.922. The molecule has 2 saturated heterocycles. The molecule has 2 atom stereocenters. The van der Waals surface area contributed by atoms with Crippen molar-refractivity contribution in [3.63, 3.8) is 0 Å². The van der Waals surface area contributed by atoms with Crippen LogP contribution < -0.4 is 10.1 Å². The number of nitriles is 1. The SMILES string of the molecule is COc1ccc(CN2CCCC2C2CCCN2)cc1C#N. The van der Waals surface area contributed by atoms with Crippen molar-refractivity contribution < 1.29 is 4.74 Å². The number of nitrogens with one attached hydrogen (secondary N) is 1. The molecule has 0 radical (unpaired) electrons. The van der Waals surface area contributed by atoms with Gasteiger partial charge in [0.25, 0.3) is 0 Å². The molecule has 1 aromatic rings. The predicted octanol–water partition coefficient (Wildman–Crippen LogP) is 2.28. The summed E-state index contributed by atoms with van der Waals surface area (Å²) < 4.78 is 5.22. The van der Waals surface area contributed by atoms with Crippen LogP contribution in [0.15, 0.2) is 18.2 Å². The van der Waals surface area contributed by atoms with E-state index in [2.05, 4.69) is 22.4 Å². The second-order valence-electron chi connectivity index (χ2n) is 6.03. The smallest absolute Gasteiger partial charge is 0.136 e. The lowest BCUT2D eigenvalue weighted by Crippen LogP contribution is -2.43. The van der Waals surface area contributed by atoms with Gasteiger partial charge in [-0.3, -0.25) is 4.90 Å². The third-order valence-corrected chi connectivity index (χ3v) is 4.75. The molecular formula is C17H23N3O. The van der Waals surface area contributed by atoms with Crippen molar-refractivity contribution in [3.05, 3.63) is 29.3 Å². The number of ether oxygens (including phenoxy) is 1. The van der Waals surface area contributed by atoms with E-state index >= 15 is 0 Å². The monoisotopic (exact) mass is 285 g/mol. The zero-order valence-corrected chi connectivity index (χ0v) is 12.6. The van der Waals surface area contributed by atoms with Crippen molar-refractivity contribution >= 4 is 0 Å². The topological polar surface area (TPSA) is 48.3 Å².